The summed E-state index contributed by atoms with van der Waals surface area (Å²) in [6.07, 6.45) is 4.35. The first kappa shape index (κ1) is 14.6. The lowest BCUT2D eigenvalue weighted by Gasteiger charge is -2.35. The molecule has 2 rings (SSSR count). The normalized spacial score (nSPS) is 18.5. The van der Waals surface area contributed by atoms with E-state index in [1.807, 2.05) is 6.07 Å². The average Bonchev–Trinajstić information content (AvgIpc) is 2.40. The van der Waals surface area contributed by atoms with Gasteiger partial charge >= 0.3 is 0 Å². The van der Waals surface area contributed by atoms with Crippen molar-refractivity contribution in [2.24, 2.45) is 5.41 Å². The van der Waals surface area contributed by atoms with Crippen molar-refractivity contribution in [3.63, 3.8) is 0 Å². The average molecular weight is 273 g/mol. The molecule has 20 heavy (non-hydrogen) atoms. The summed E-state index contributed by atoms with van der Waals surface area (Å²) in [5.74, 6) is 0.883. The van der Waals surface area contributed by atoms with Crippen LogP contribution in [0.1, 0.15) is 38.3 Å². The Labute approximate surface area is 121 Å². The highest BCUT2D eigenvalue weighted by molar-refractivity contribution is 5.76. The minimum atomic E-state index is 0.00123. The summed E-state index contributed by atoms with van der Waals surface area (Å²) in [5.41, 5.74) is 4.04. The van der Waals surface area contributed by atoms with Crippen LogP contribution in [0.4, 0.5) is 0 Å². The Morgan fingerprint density at radius 2 is 2.20 bits per heavy atom. The van der Waals surface area contributed by atoms with Crippen LogP contribution in [0.15, 0.2) is 24.3 Å². The van der Waals surface area contributed by atoms with Crippen LogP contribution in [-0.4, -0.2) is 19.6 Å². The Hall–Kier alpha value is -1.77. The smallest absolute Gasteiger partial charge is 0.217 e. The van der Waals surface area contributed by atoms with Gasteiger partial charge in [-0.25, -0.2) is 0 Å². The van der Waals surface area contributed by atoms with Crippen molar-refractivity contribution in [1.29, 1.82) is 0 Å². The molecule has 0 aliphatic heterocycles. The third-order valence-corrected chi connectivity index (χ3v) is 4.01. The molecule has 1 N–H and O–H groups in total. The van der Waals surface area contributed by atoms with Gasteiger partial charge in [-0.2, -0.15) is 0 Å². The first-order valence-electron chi connectivity index (χ1n) is 7.06. The van der Waals surface area contributed by atoms with Crippen molar-refractivity contribution >= 4 is 11.5 Å². The molecule has 0 fully saturated rings. The molecule has 0 bridgehead atoms. The molecular formula is C17H23NO2. The maximum absolute atomic E-state index is 11.0. The lowest BCUT2D eigenvalue weighted by Crippen LogP contribution is -2.24. The fraction of sp³-hybridized carbons (Fsp3) is 0.471. The van der Waals surface area contributed by atoms with Gasteiger partial charge in [-0.1, -0.05) is 26.0 Å². The predicted molar refractivity (Wildman–Crippen MR) is 81.8 cm³/mol. The molecule has 0 aromatic heterocycles. The van der Waals surface area contributed by atoms with Gasteiger partial charge < -0.3 is 10.1 Å². The van der Waals surface area contributed by atoms with E-state index in [0.717, 1.165) is 18.6 Å². The molecule has 3 nitrogen and oxygen atoms in total. The van der Waals surface area contributed by atoms with Crippen LogP contribution >= 0.6 is 0 Å². The lowest BCUT2D eigenvalue weighted by atomic mass is 9.70. The number of allylic oxidation sites excluding steroid dienone is 1. The summed E-state index contributed by atoms with van der Waals surface area (Å²) < 4.78 is 5.34. The number of aryl methyl sites for hydroxylation is 1. The Bertz CT molecular complexity index is 544. The maximum Gasteiger partial charge on any atom is 0.217 e. The summed E-state index contributed by atoms with van der Waals surface area (Å²) in [6.45, 7) is 6.64. The highest BCUT2D eigenvalue weighted by Gasteiger charge is 2.30. The largest absolute Gasteiger partial charge is 0.497 e. The number of methoxy groups -OCH3 is 1. The number of ether oxygens (including phenoxy) is 1. The first-order chi connectivity index (χ1) is 9.44. The van der Waals surface area contributed by atoms with Crippen LogP contribution in [0.3, 0.4) is 0 Å². The van der Waals surface area contributed by atoms with Gasteiger partial charge in [-0.05, 0) is 47.1 Å². The summed E-state index contributed by atoms with van der Waals surface area (Å²) in [7, 11) is 1.69. The van der Waals surface area contributed by atoms with E-state index in [2.05, 4.69) is 37.4 Å². The van der Waals surface area contributed by atoms with Crippen LogP contribution in [0.25, 0.3) is 5.57 Å². The zero-order valence-electron chi connectivity index (χ0n) is 12.7. The van der Waals surface area contributed by atoms with E-state index >= 15 is 0 Å². The minimum Gasteiger partial charge on any atom is -0.497 e. The molecule has 0 heterocycles. The van der Waals surface area contributed by atoms with E-state index < -0.39 is 0 Å². The molecular weight excluding hydrogens is 250 g/mol. The number of amides is 1. The van der Waals surface area contributed by atoms with Gasteiger partial charge in [-0.3, -0.25) is 4.79 Å². The molecule has 0 spiro atoms. The number of nitrogens with one attached hydrogen (secondary N) is 1. The van der Waals surface area contributed by atoms with Crippen LogP contribution in [0, 0.1) is 5.41 Å². The number of hydrogen-bond donors (Lipinski definition) is 1. The second-order valence-corrected chi connectivity index (χ2v) is 5.96. The summed E-state index contributed by atoms with van der Waals surface area (Å²) >= 11 is 0. The summed E-state index contributed by atoms with van der Waals surface area (Å²) in [4.78, 5) is 11.0. The Balaban J connectivity index is 2.39. The number of hydrogen-bond acceptors (Lipinski definition) is 2. The molecule has 0 saturated heterocycles. The van der Waals surface area contributed by atoms with Crippen molar-refractivity contribution in [3.8, 4) is 5.75 Å². The molecule has 0 saturated carbocycles. The summed E-state index contributed by atoms with van der Waals surface area (Å²) in [5, 5.41) is 2.84. The van der Waals surface area contributed by atoms with E-state index in [1.165, 1.54) is 16.7 Å². The standard InChI is InChI=1S/C17H23NO2/c1-12(19)18-10-8-16-15-11-14(20-4)6-5-13(15)7-9-17(16,2)3/h5-6,8,11H,7,9-10H2,1-4H3,(H,18,19). The number of rotatable bonds is 3. The fourth-order valence-electron chi connectivity index (χ4n) is 2.78. The Morgan fingerprint density at radius 3 is 2.85 bits per heavy atom. The summed E-state index contributed by atoms with van der Waals surface area (Å²) in [6, 6.07) is 6.27. The van der Waals surface area contributed by atoms with Gasteiger partial charge in [0.2, 0.25) is 5.91 Å². The topological polar surface area (TPSA) is 38.3 Å². The highest BCUT2D eigenvalue weighted by atomic mass is 16.5. The Morgan fingerprint density at radius 1 is 1.45 bits per heavy atom. The van der Waals surface area contributed by atoms with Crippen molar-refractivity contribution in [2.75, 3.05) is 13.7 Å². The first-order valence-corrected chi connectivity index (χ1v) is 7.06. The number of carbonyl (C=O) groups is 1. The van der Waals surface area contributed by atoms with Gasteiger partial charge in [0.1, 0.15) is 5.75 Å². The van der Waals surface area contributed by atoms with Gasteiger partial charge in [0, 0.05) is 13.5 Å². The van der Waals surface area contributed by atoms with Gasteiger partial charge in [0.05, 0.1) is 7.11 Å². The third-order valence-electron chi connectivity index (χ3n) is 4.01. The van der Waals surface area contributed by atoms with E-state index in [9.17, 15) is 4.79 Å². The zero-order chi connectivity index (χ0) is 14.8. The molecule has 0 radical (unpaired) electrons. The van der Waals surface area contributed by atoms with Crippen molar-refractivity contribution in [2.45, 2.75) is 33.6 Å². The second-order valence-electron chi connectivity index (χ2n) is 5.96. The fourth-order valence-corrected chi connectivity index (χ4v) is 2.78. The van der Waals surface area contributed by atoms with E-state index in [-0.39, 0.29) is 11.3 Å². The second kappa shape index (κ2) is 5.70. The maximum atomic E-state index is 11.0. The van der Waals surface area contributed by atoms with Crippen molar-refractivity contribution in [3.05, 3.63) is 35.4 Å². The van der Waals surface area contributed by atoms with Gasteiger partial charge in [0.15, 0.2) is 0 Å². The minimum absolute atomic E-state index is 0.00123. The number of benzene rings is 1. The van der Waals surface area contributed by atoms with Crippen LogP contribution in [-0.2, 0) is 11.2 Å². The van der Waals surface area contributed by atoms with E-state index in [4.69, 9.17) is 4.74 Å². The number of fused-ring (bicyclic) bond motifs is 1. The molecule has 3 heteroatoms. The van der Waals surface area contributed by atoms with Gasteiger partial charge in [-0.15, -0.1) is 0 Å². The molecule has 108 valence electrons. The van der Waals surface area contributed by atoms with Crippen LogP contribution < -0.4 is 10.1 Å². The van der Waals surface area contributed by atoms with Gasteiger partial charge in [0.25, 0.3) is 0 Å². The van der Waals surface area contributed by atoms with Crippen molar-refractivity contribution < 1.29 is 9.53 Å². The van der Waals surface area contributed by atoms with Crippen LogP contribution in [0.2, 0.25) is 0 Å². The predicted octanol–water partition coefficient (Wildman–Crippen LogP) is 3.19. The van der Waals surface area contributed by atoms with Crippen LogP contribution in [0.5, 0.6) is 5.75 Å². The highest BCUT2D eigenvalue weighted by Crippen LogP contribution is 2.45. The lowest BCUT2D eigenvalue weighted by molar-refractivity contribution is -0.118. The van der Waals surface area contributed by atoms with E-state index in [0.29, 0.717) is 6.54 Å². The third kappa shape index (κ3) is 3.03. The molecule has 1 aromatic carbocycles. The molecule has 1 aliphatic rings. The molecule has 1 aliphatic carbocycles. The molecule has 1 aromatic rings. The monoisotopic (exact) mass is 273 g/mol. The molecule has 0 unspecified atom stereocenters. The number of carbonyl (C=O) groups excluding carboxylic acids is 1. The Kier molecular flexibility index (Phi) is 4.17. The van der Waals surface area contributed by atoms with E-state index in [1.54, 1.807) is 14.0 Å². The SMILES string of the molecule is COc1ccc2c(c1)C(=CCNC(C)=O)C(C)(C)CC2. The quantitative estimate of drug-likeness (QED) is 0.918. The van der Waals surface area contributed by atoms with Crippen molar-refractivity contribution in [1.82, 2.24) is 5.32 Å². The molecule has 0 atom stereocenters. The molecule has 1 amide bonds. The zero-order valence-corrected chi connectivity index (χ0v) is 12.7.